The van der Waals surface area contributed by atoms with Gasteiger partial charge in [-0.2, -0.15) is 0 Å². The summed E-state index contributed by atoms with van der Waals surface area (Å²) in [4.78, 5) is 11.7. The lowest BCUT2D eigenvalue weighted by Crippen LogP contribution is -2.28. The van der Waals surface area contributed by atoms with Crippen LogP contribution in [0.3, 0.4) is 0 Å². The molecule has 0 saturated heterocycles. The number of hydrogen-bond acceptors (Lipinski definition) is 2. The van der Waals surface area contributed by atoms with Gasteiger partial charge in [-0.15, -0.1) is 0 Å². The van der Waals surface area contributed by atoms with E-state index in [1.54, 1.807) is 36.4 Å². The van der Waals surface area contributed by atoms with E-state index in [2.05, 4.69) is 37.2 Å². The number of nitrogens with two attached hydrogens (primary N) is 1. The Morgan fingerprint density at radius 3 is 2.38 bits per heavy atom. The molecule has 21 heavy (non-hydrogen) atoms. The third-order valence-electron chi connectivity index (χ3n) is 2.79. The van der Waals surface area contributed by atoms with Crippen molar-refractivity contribution >= 4 is 66.7 Å². The van der Waals surface area contributed by atoms with E-state index in [1.165, 1.54) is 0 Å². The molecular formula is C14H10Br2Cl2N2O. The normalized spacial score (nSPS) is 12.0. The molecule has 0 aromatic heterocycles. The van der Waals surface area contributed by atoms with Crippen LogP contribution in [0.25, 0.3) is 0 Å². The molecule has 7 heteroatoms. The third kappa shape index (κ3) is 4.13. The van der Waals surface area contributed by atoms with Crippen LogP contribution < -0.4 is 11.1 Å². The van der Waals surface area contributed by atoms with Crippen molar-refractivity contribution in [3.63, 3.8) is 0 Å². The number of amides is 1. The van der Waals surface area contributed by atoms with Crippen molar-refractivity contribution in [2.75, 3.05) is 5.32 Å². The highest BCUT2D eigenvalue weighted by molar-refractivity contribution is 9.10. The van der Waals surface area contributed by atoms with Crippen LogP contribution in [0.5, 0.6) is 0 Å². The van der Waals surface area contributed by atoms with Gasteiger partial charge in [0.25, 0.3) is 0 Å². The van der Waals surface area contributed by atoms with Crippen molar-refractivity contribution in [3.05, 3.63) is 61.0 Å². The van der Waals surface area contributed by atoms with E-state index < -0.39 is 11.9 Å². The van der Waals surface area contributed by atoms with Gasteiger partial charge in [0.15, 0.2) is 0 Å². The molecule has 1 unspecified atom stereocenters. The largest absolute Gasteiger partial charge is 0.370 e. The molecule has 110 valence electrons. The SMILES string of the molecule is NC(=O)C(Nc1ccc(Cl)c(Br)c1)c1ccc(Br)cc1Cl. The molecule has 2 aromatic rings. The molecule has 3 N–H and O–H groups in total. The number of hydrogen-bond donors (Lipinski definition) is 2. The van der Waals surface area contributed by atoms with Crippen LogP contribution in [-0.2, 0) is 4.79 Å². The lowest BCUT2D eigenvalue weighted by molar-refractivity contribution is -0.118. The standard InChI is InChI=1S/C14H10Br2Cl2N2O/c15-7-1-3-9(12(18)5-7)13(14(19)21)20-8-2-4-11(17)10(16)6-8/h1-6,13,20H,(H2,19,21). The first-order valence-electron chi connectivity index (χ1n) is 5.84. The van der Waals surface area contributed by atoms with Crippen LogP contribution in [0.15, 0.2) is 45.3 Å². The first-order valence-corrected chi connectivity index (χ1v) is 8.18. The topological polar surface area (TPSA) is 55.1 Å². The van der Waals surface area contributed by atoms with Crippen LogP contribution in [-0.4, -0.2) is 5.91 Å². The van der Waals surface area contributed by atoms with Crippen LogP contribution in [0, 0.1) is 0 Å². The highest BCUT2D eigenvalue weighted by Gasteiger charge is 2.20. The van der Waals surface area contributed by atoms with Crippen molar-refractivity contribution in [2.24, 2.45) is 5.73 Å². The minimum absolute atomic E-state index is 0.453. The van der Waals surface area contributed by atoms with Crippen LogP contribution in [0.2, 0.25) is 10.0 Å². The van der Waals surface area contributed by atoms with Crippen LogP contribution >= 0.6 is 55.1 Å². The Hall–Kier alpha value is -0.750. The predicted octanol–water partition coefficient (Wildman–Crippen LogP) is 5.16. The van der Waals surface area contributed by atoms with E-state index in [0.717, 1.165) is 8.95 Å². The van der Waals surface area contributed by atoms with Crippen LogP contribution in [0.1, 0.15) is 11.6 Å². The van der Waals surface area contributed by atoms with Crippen molar-refractivity contribution in [3.8, 4) is 0 Å². The molecule has 0 spiro atoms. The van der Waals surface area contributed by atoms with Crippen molar-refractivity contribution in [1.29, 1.82) is 0 Å². The quantitative estimate of drug-likeness (QED) is 0.673. The molecule has 0 bridgehead atoms. The van der Waals surface area contributed by atoms with Crippen LogP contribution in [0.4, 0.5) is 5.69 Å². The highest BCUT2D eigenvalue weighted by atomic mass is 79.9. The number of carbonyl (C=O) groups is 1. The van der Waals surface area contributed by atoms with E-state index in [4.69, 9.17) is 28.9 Å². The Labute approximate surface area is 149 Å². The maximum absolute atomic E-state index is 11.7. The average Bonchev–Trinajstić information content (AvgIpc) is 2.40. The van der Waals surface area contributed by atoms with Gasteiger partial charge in [-0.1, -0.05) is 45.2 Å². The number of halogens is 4. The number of nitrogens with one attached hydrogen (secondary N) is 1. The number of carbonyl (C=O) groups excluding carboxylic acids is 1. The summed E-state index contributed by atoms with van der Waals surface area (Å²) in [6, 6.07) is 9.78. The molecule has 2 rings (SSSR count). The number of benzene rings is 2. The van der Waals surface area contributed by atoms with Gasteiger partial charge in [0.1, 0.15) is 6.04 Å². The molecule has 0 aliphatic rings. The number of rotatable bonds is 4. The Morgan fingerprint density at radius 1 is 1.10 bits per heavy atom. The summed E-state index contributed by atoms with van der Waals surface area (Å²) in [5.41, 5.74) is 6.79. The molecule has 0 aliphatic carbocycles. The summed E-state index contributed by atoms with van der Waals surface area (Å²) in [6.07, 6.45) is 0. The first kappa shape index (κ1) is 16.6. The zero-order chi connectivity index (χ0) is 15.6. The summed E-state index contributed by atoms with van der Waals surface area (Å²) in [5.74, 6) is -0.523. The molecule has 1 atom stereocenters. The molecule has 2 aromatic carbocycles. The fourth-order valence-electron chi connectivity index (χ4n) is 1.79. The molecule has 0 aliphatic heterocycles. The second-order valence-electron chi connectivity index (χ2n) is 4.27. The van der Waals surface area contributed by atoms with Gasteiger partial charge >= 0.3 is 0 Å². The lowest BCUT2D eigenvalue weighted by Gasteiger charge is -2.19. The molecular weight excluding hydrogens is 443 g/mol. The fourth-order valence-corrected chi connectivity index (χ4v) is 3.07. The van der Waals surface area contributed by atoms with E-state index in [1.807, 2.05) is 0 Å². The fraction of sp³-hybridized carbons (Fsp3) is 0.0714. The van der Waals surface area contributed by atoms with E-state index >= 15 is 0 Å². The number of anilines is 1. The van der Waals surface area contributed by atoms with Gasteiger partial charge in [0, 0.05) is 25.2 Å². The summed E-state index contributed by atoms with van der Waals surface area (Å²) in [5, 5.41) is 4.09. The number of primary amides is 1. The molecule has 0 fully saturated rings. The van der Waals surface area contributed by atoms with Crippen molar-refractivity contribution in [2.45, 2.75) is 6.04 Å². The Kier molecular flexibility index (Phi) is 5.54. The zero-order valence-electron chi connectivity index (χ0n) is 10.5. The van der Waals surface area contributed by atoms with Crippen molar-refractivity contribution in [1.82, 2.24) is 0 Å². The summed E-state index contributed by atoms with van der Waals surface area (Å²) in [6.45, 7) is 0. The zero-order valence-corrected chi connectivity index (χ0v) is 15.2. The molecule has 3 nitrogen and oxygen atoms in total. The molecule has 0 saturated carbocycles. The molecule has 0 heterocycles. The summed E-state index contributed by atoms with van der Waals surface area (Å²) < 4.78 is 1.55. The summed E-state index contributed by atoms with van der Waals surface area (Å²) in [7, 11) is 0. The van der Waals surface area contributed by atoms with Crippen molar-refractivity contribution < 1.29 is 4.79 Å². The lowest BCUT2D eigenvalue weighted by atomic mass is 10.1. The average molecular weight is 453 g/mol. The second kappa shape index (κ2) is 7.01. The Morgan fingerprint density at radius 2 is 1.81 bits per heavy atom. The minimum atomic E-state index is -0.737. The predicted molar refractivity (Wildman–Crippen MR) is 93.9 cm³/mol. The third-order valence-corrected chi connectivity index (χ3v) is 4.82. The summed E-state index contributed by atoms with van der Waals surface area (Å²) >= 11 is 18.8. The molecule has 1 amide bonds. The smallest absolute Gasteiger partial charge is 0.244 e. The van der Waals surface area contributed by atoms with Gasteiger partial charge in [0.2, 0.25) is 5.91 Å². The second-order valence-corrected chi connectivity index (χ2v) is 6.86. The van der Waals surface area contributed by atoms with Gasteiger partial charge in [0.05, 0.1) is 5.02 Å². The van der Waals surface area contributed by atoms with Gasteiger partial charge in [-0.3, -0.25) is 4.79 Å². The Bertz CT molecular complexity index is 695. The van der Waals surface area contributed by atoms with Gasteiger partial charge < -0.3 is 11.1 Å². The van der Waals surface area contributed by atoms with E-state index in [-0.39, 0.29) is 0 Å². The highest BCUT2D eigenvalue weighted by Crippen LogP contribution is 2.31. The van der Waals surface area contributed by atoms with E-state index in [0.29, 0.717) is 21.3 Å². The van der Waals surface area contributed by atoms with Gasteiger partial charge in [-0.25, -0.2) is 0 Å². The first-order chi connectivity index (χ1) is 9.88. The molecule has 0 radical (unpaired) electrons. The van der Waals surface area contributed by atoms with Gasteiger partial charge in [-0.05, 0) is 46.3 Å². The Balaban J connectivity index is 2.35. The maximum atomic E-state index is 11.7. The minimum Gasteiger partial charge on any atom is -0.370 e. The monoisotopic (exact) mass is 450 g/mol. The van der Waals surface area contributed by atoms with E-state index in [9.17, 15) is 4.79 Å². The maximum Gasteiger partial charge on any atom is 0.244 e.